The summed E-state index contributed by atoms with van der Waals surface area (Å²) < 4.78 is 12.8. The molecule has 1 aromatic heterocycles. The molecule has 0 spiro atoms. The van der Waals surface area contributed by atoms with Crippen LogP contribution < -0.4 is 5.32 Å². The van der Waals surface area contributed by atoms with Crippen LogP contribution >= 0.6 is 0 Å². The summed E-state index contributed by atoms with van der Waals surface area (Å²) >= 11 is 0. The second kappa shape index (κ2) is 5.44. The molecule has 1 N–H and O–H groups in total. The molecule has 1 aromatic carbocycles. The molecule has 1 aliphatic carbocycles. The van der Waals surface area contributed by atoms with Crippen LogP contribution in [0.25, 0.3) is 0 Å². The quantitative estimate of drug-likeness (QED) is 0.880. The predicted molar refractivity (Wildman–Crippen MR) is 77.6 cm³/mol. The van der Waals surface area contributed by atoms with Crippen molar-refractivity contribution in [2.45, 2.75) is 19.4 Å². The van der Waals surface area contributed by atoms with E-state index in [0.29, 0.717) is 36.6 Å². The zero-order chi connectivity index (χ0) is 14.8. The lowest BCUT2D eigenvalue weighted by atomic mass is 9.93. The normalized spacial score (nSPS) is 14.0. The molecular formula is C16H14FN3O. The number of hydrogen-bond donors (Lipinski definition) is 1. The molecule has 3 rings (SSSR count). The first-order chi connectivity index (χ1) is 10.1. The number of fused-ring (bicyclic) bond motifs is 1. The number of benzene rings is 1. The molecular weight excluding hydrogens is 269 g/mol. The molecule has 2 aromatic rings. The Morgan fingerprint density at radius 2 is 2.00 bits per heavy atom. The Bertz CT molecular complexity index is 710. The Morgan fingerprint density at radius 3 is 2.76 bits per heavy atom. The van der Waals surface area contributed by atoms with Gasteiger partial charge >= 0.3 is 0 Å². The number of allylic oxidation sites excluding steroid dienone is 1. The standard InChI is InChI=1S/C16H14FN3O/c1-10-6-14-13(15(21)7-10)9-19-16(20-14)18-8-11-2-4-12(17)5-3-11/h2-5,9H,1,6-8H2,(H,18,19,20). The summed E-state index contributed by atoms with van der Waals surface area (Å²) in [6.45, 7) is 4.35. The molecule has 0 radical (unpaired) electrons. The summed E-state index contributed by atoms with van der Waals surface area (Å²) in [6.07, 6.45) is 2.54. The van der Waals surface area contributed by atoms with Gasteiger partial charge in [0.1, 0.15) is 5.82 Å². The molecule has 0 atom stereocenters. The van der Waals surface area contributed by atoms with E-state index in [4.69, 9.17) is 0 Å². The van der Waals surface area contributed by atoms with Gasteiger partial charge in [-0.3, -0.25) is 4.79 Å². The molecule has 0 unspecified atom stereocenters. The first kappa shape index (κ1) is 13.4. The third-order valence-electron chi connectivity index (χ3n) is 3.36. The number of carbonyl (C=O) groups is 1. The van der Waals surface area contributed by atoms with Crippen molar-refractivity contribution in [3.63, 3.8) is 0 Å². The molecule has 5 heteroatoms. The highest BCUT2D eigenvalue weighted by Gasteiger charge is 2.21. The third-order valence-corrected chi connectivity index (χ3v) is 3.36. The number of nitrogens with zero attached hydrogens (tertiary/aromatic N) is 2. The molecule has 0 amide bonds. The SMILES string of the molecule is C=C1CC(=O)c2cnc(NCc3ccc(F)cc3)nc2C1. The fourth-order valence-electron chi connectivity index (χ4n) is 2.27. The lowest BCUT2D eigenvalue weighted by molar-refractivity contribution is 0.0986. The second-order valence-corrected chi connectivity index (χ2v) is 5.06. The molecule has 0 saturated carbocycles. The molecule has 0 fully saturated rings. The number of aromatic nitrogens is 2. The van der Waals surface area contributed by atoms with Crippen molar-refractivity contribution in [3.05, 3.63) is 65.3 Å². The van der Waals surface area contributed by atoms with Crippen LogP contribution in [0.5, 0.6) is 0 Å². The zero-order valence-corrected chi connectivity index (χ0v) is 11.4. The fourth-order valence-corrected chi connectivity index (χ4v) is 2.27. The van der Waals surface area contributed by atoms with Gasteiger partial charge in [-0.25, -0.2) is 14.4 Å². The fraction of sp³-hybridized carbons (Fsp3) is 0.188. The molecule has 21 heavy (non-hydrogen) atoms. The highest BCUT2D eigenvalue weighted by molar-refractivity contribution is 5.99. The van der Waals surface area contributed by atoms with Crippen LogP contribution in [0.15, 0.2) is 42.6 Å². The van der Waals surface area contributed by atoms with Crippen LogP contribution in [0.4, 0.5) is 10.3 Å². The number of nitrogens with one attached hydrogen (secondary N) is 1. The monoisotopic (exact) mass is 283 g/mol. The molecule has 0 aliphatic heterocycles. The van der Waals surface area contributed by atoms with E-state index in [-0.39, 0.29) is 11.6 Å². The number of ketones is 1. The van der Waals surface area contributed by atoms with E-state index in [2.05, 4.69) is 21.9 Å². The first-order valence-electron chi connectivity index (χ1n) is 6.66. The molecule has 4 nitrogen and oxygen atoms in total. The van der Waals surface area contributed by atoms with Gasteiger partial charge in [-0.2, -0.15) is 0 Å². The number of Topliss-reactive ketones (excluding diaryl/α,β-unsaturated/α-hetero) is 1. The number of hydrogen-bond acceptors (Lipinski definition) is 4. The van der Waals surface area contributed by atoms with Crippen molar-refractivity contribution in [1.82, 2.24) is 9.97 Å². The first-order valence-corrected chi connectivity index (χ1v) is 6.66. The Morgan fingerprint density at radius 1 is 1.24 bits per heavy atom. The van der Waals surface area contributed by atoms with Crippen molar-refractivity contribution in [2.24, 2.45) is 0 Å². The highest BCUT2D eigenvalue weighted by atomic mass is 19.1. The van der Waals surface area contributed by atoms with Gasteiger partial charge in [-0.15, -0.1) is 0 Å². The number of anilines is 1. The topological polar surface area (TPSA) is 54.9 Å². The maximum absolute atomic E-state index is 12.8. The van der Waals surface area contributed by atoms with E-state index < -0.39 is 0 Å². The number of halogens is 1. The third kappa shape index (κ3) is 2.97. The van der Waals surface area contributed by atoms with Gasteiger partial charge in [-0.1, -0.05) is 24.3 Å². The number of rotatable bonds is 3. The van der Waals surface area contributed by atoms with Gasteiger partial charge < -0.3 is 5.32 Å². The molecule has 1 aliphatic rings. The van der Waals surface area contributed by atoms with E-state index in [9.17, 15) is 9.18 Å². The minimum atomic E-state index is -0.263. The Labute approximate surface area is 121 Å². The number of carbonyl (C=O) groups excluding carboxylic acids is 1. The maximum Gasteiger partial charge on any atom is 0.223 e. The van der Waals surface area contributed by atoms with Crippen molar-refractivity contribution in [1.29, 1.82) is 0 Å². The van der Waals surface area contributed by atoms with Crippen molar-refractivity contribution in [2.75, 3.05) is 5.32 Å². The molecule has 0 bridgehead atoms. The van der Waals surface area contributed by atoms with Gasteiger partial charge in [0.25, 0.3) is 0 Å². The average Bonchev–Trinajstić information content (AvgIpc) is 2.46. The van der Waals surface area contributed by atoms with Crippen molar-refractivity contribution < 1.29 is 9.18 Å². The summed E-state index contributed by atoms with van der Waals surface area (Å²) in [7, 11) is 0. The Hall–Kier alpha value is -2.56. The maximum atomic E-state index is 12.8. The van der Waals surface area contributed by atoms with E-state index in [1.165, 1.54) is 12.1 Å². The summed E-state index contributed by atoms with van der Waals surface area (Å²) in [5.74, 6) is 0.215. The highest BCUT2D eigenvalue weighted by Crippen LogP contribution is 2.22. The van der Waals surface area contributed by atoms with Gasteiger partial charge in [0.2, 0.25) is 5.95 Å². The summed E-state index contributed by atoms with van der Waals surface area (Å²) in [4.78, 5) is 20.3. The zero-order valence-electron chi connectivity index (χ0n) is 11.4. The van der Waals surface area contributed by atoms with Crippen LogP contribution in [0.2, 0.25) is 0 Å². The van der Waals surface area contributed by atoms with Crippen molar-refractivity contribution in [3.8, 4) is 0 Å². The van der Waals surface area contributed by atoms with Crippen LogP contribution in [0.1, 0.15) is 28.0 Å². The van der Waals surface area contributed by atoms with Crippen LogP contribution in [-0.2, 0) is 13.0 Å². The Kier molecular flexibility index (Phi) is 3.48. The largest absolute Gasteiger partial charge is 0.350 e. The van der Waals surface area contributed by atoms with Crippen LogP contribution in [0.3, 0.4) is 0 Å². The van der Waals surface area contributed by atoms with Gasteiger partial charge in [0.15, 0.2) is 5.78 Å². The minimum absolute atomic E-state index is 0.0198. The average molecular weight is 283 g/mol. The van der Waals surface area contributed by atoms with E-state index >= 15 is 0 Å². The van der Waals surface area contributed by atoms with Gasteiger partial charge in [0, 0.05) is 25.6 Å². The van der Waals surface area contributed by atoms with E-state index in [1.54, 1.807) is 18.3 Å². The summed E-state index contributed by atoms with van der Waals surface area (Å²) in [5.41, 5.74) is 3.09. The predicted octanol–water partition coefficient (Wildman–Crippen LogP) is 2.91. The summed E-state index contributed by atoms with van der Waals surface area (Å²) in [6, 6.07) is 6.22. The van der Waals surface area contributed by atoms with Crippen LogP contribution in [0, 0.1) is 5.82 Å². The summed E-state index contributed by atoms with van der Waals surface area (Å²) in [5, 5.41) is 3.07. The van der Waals surface area contributed by atoms with Gasteiger partial charge in [0.05, 0.1) is 11.3 Å². The molecule has 106 valence electrons. The van der Waals surface area contributed by atoms with Gasteiger partial charge in [-0.05, 0) is 17.7 Å². The van der Waals surface area contributed by atoms with Crippen molar-refractivity contribution >= 4 is 11.7 Å². The lowest BCUT2D eigenvalue weighted by Gasteiger charge is -2.16. The lowest BCUT2D eigenvalue weighted by Crippen LogP contribution is -2.16. The molecule has 0 saturated heterocycles. The van der Waals surface area contributed by atoms with E-state index in [0.717, 1.165) is 11.1 Å². The Balaban J connectivity index is 1.75. The minimum Gasteiger partial charge on any atom is -0.350 e. The van der Waals surface area contributed by atoms with Crippen LogP contribution in [-0.4, -0.2) is 15.8 Å². The molecule has 1 heterocycles. The second-order valence-electron chi connectivity index (χ2n) is 5.06. The van der Waals surface area contributed by atoms with E-state index in [1.807, 2.05) is 0 Å². The smallest absolute Gasteiger partial charge is 0.223 e.